The fourth-order valence-corrected chi connectivity index (χ4v) is 6.58. The van der Waals surface area contributed by atoms with Crippen LogP contribution < -0.4 is 0 Å². The summed E-state index contributed by atoms with van der Waals surface area (Å²) in [5.74, 6) is 6.86. The number of fused-ring (bicyclic) bond motifs is 1. The zero-order chi connectivity index (χ0) is 21.2. The normalized spacial score (nSPS) is 37.4. The standard InChI is InChI=1S/C25H38O4/c1-16(2)25-15-14-22(27)19(12-13-21(26)18-8-5-4-6-9-18)24(25)17(3)20(25)10-7-11-23(28)29/h10,16-19,21-22,24,26-27H,4-9,11,14-15H2,1-3H3,(H,28,29)/t17?,19-,21?,22+,24+,25-/m1/s1. The van der Waals surface area contributed by atoms with E-state index in [2.05, 4.69) is 38.7 Å². The Morgan fingerprint density at radius 1 is 1.24 bits per heavy atom. The van der Waals surface area contributed by atoms with E-state index in [1.807, 2.05) is 0 Å². The fraction of sp³-hybridized carbons (Fsp3) is 0.800. The van der Waals surface area contributed by atoms with Crippen LogP contribution in [0.1, 0.15) is 78.6 Å². The highest BCUT2D eigenvalue weighted by molar-refractivity contribution is 5.66. The zero-order valence-corrected chi connectivity index (χ0v) is 18.2. The van der Waals surface area contributed by atoms with Gasteiger partial charge in [-0.1, -0.05) is 63.5 Å². The minimum absolute atomic E-state index is 0.00624. The number of carboxylic acids is 1. The SMILES string of the molecule is CC1C(=CCCC(=O)O)[C@]2(C(C)C)CC[C@H](O)[C@@H](C#CC(O)C3CCCCC3)[C@H]12. The molecule has 3 aliphatic rings. The molecular weight excluding hydrogens is 364 g/mol. The molecule has 0 saturated heterocycles. The van der Waals surface area contributed by atoms with Crippen LogP contribution in [0.5, 0.6) is 0 Å². The van der Waals surface area contributed by atoms with Crippen LogP contribution in [-0.2, 0) is 4.79 Å². The summed E-state index contributed by atoms with van der Waals surface area (Å²) in [6.07, 6.45) is 9.21. The van der Waals surface area contributed by atoms with Crippen LogP contribution in [0.25, 0.3) is 0 Å². The summed E-state index contributed by atoms with van der Waals surface area (Å²) >= 11 is 0. The highest BCUT2D eigenvalue weighted by Gasteiger charge is 2.62. The van der Waals surface area contributed by atoms with Crippen LogP contribution in [-0.4, -0.2) is 33.5 Å². The molecular formula is C25H38O4. The minimum Gasteiger partial charge on any atom is -0.481 e. The van der Waals surface area contributed by atoms with Gasteiger partial charge in [-0.15, -0.1) is 0 Å². The Balaban J connectivity index is 1.81. The van der Waals surface area contributed by atoms with E-state index >= 15 is 0 Å². The molecule has 3 N–H and O–H groups in total. The zero-order valence-electron chi connectivity index (χ0n) is 18.2. The van der Waals surface area contributed by atoms with E-state index in [0.717, 1.165) is 25.7 Å². The molecule has 0 bridgehead atoms. The molecule has 0 aromatic carbocycles. The quantitative estimate of drug-likeness (QED) is 0.470. The lowest BCUT2D eigenvalue weighted by atomic mass is 9.39. The van der Waals surface area contributed by atoms with Gasteiger partial charge in [0.1, 0.15) is 6.10 Å². The molecule has 4 heteroatoms. The van der Waals surface area contributed by atoms with Crippen molar-refractivity contribution in [3.05, 3.63) is 11.6 Å². The van der Waals surface area contributed by atoms with Crippen LogP contribution in [0.2, 0.25) is 0 Å². The first-order chi connectivity index (χ1) is 13.8. The van der Waals surface area contributed by atoms with Gasteiger partial charge in [0, 0.05) is 6.42 Å². The van der Waals surface area contributed by atoms with Gasteiger partial charge in [-0.2, -0.15) is 0 Å². The summed E-state index contributed by atoms with van der Waals surface area (Å²) in [5, 5.41) is 30.4. The predicted octanol–water partition coefficient (Wildman–Crippen LogP) is 4.40. The monoisotopic (exact) mass is 402 g/mol. The predicted molar refractivity (Wildman–Crippen MR) is 114 cm³/mol. The van der Waals surface area contributed by atoms with Gasteiger partial charge >= 0.3 is 5.97 Å². The Labute approximate surface area is 175 Å². The molecule has 6 atom stereocenters. The smallest absolute Gasteiger partial charge is 0.303 e. The molecule has 0 aromatic rings. The highest BCUT2D eigenvalue weighted by atomic mass is 16.4. The second kappa shape index (κ2) is 9.23. The maximum atomic E-state index is 10.9. The Morgan fingerprint density at radius 2 is 1.93 bits per heavy atom. The lowest BCUT2D eigenvalue weighted by Crippen LogP contribution is -2.60. The summed E-state index contributed by atoms with van der Waals surface area (Å²) in [6, 6.07) is 0. The second-order valence-electron chi connectivity index (χ2n) is 9.86. The average molecular weight is 403 g/mol. The van der Waals surface area contributed by atoms with Gasteiger partial charge < -0.3 is 15.3 Å². The van der Waals surface area contributed by atoms with E-state index in [0.29, 0.717) is 18.3 Å². The molecule has 4 nitrogen and oxygen atoms in total. The molecule has 0 amide bonds. The molecule has 3 aliphatic carbocycles. The van der Waals surface area contributed by atoms with Gasteiger partial charge in [-0.25, -0.2) is 0 Å². The van der Waals surface area contributed by atoms with E-state index in [1.54, 1.807) is 0 Å². The van der Waals surface area contributed by atoms with Crippen molar-refractivity contribution < 1.29 is 20.1 Å². The number of hydrogen-bond acceptors (Lipinski definition) is 3. The van der Waals surface area contributed by atoms with Gasteiger partial charge in [-0.3, -0.25) is 4.79 Å². The van der Waals surface area contributed by atoms with Crippen molar-refractivity contribution in [1.29, 1.82) is 0 Å². The number of rotatable bonds is 5. The van der Waals surface area contributed by atoms with E-state index in [1.165, 1.54) is 24.8 Å². The van der Waals surface area contributed by atoms with Crippen LogP contribution >= 0.6 is 0 Å². The number of hydrogen-bond donors (Lipinski definition) is 3. The van der Waals surface area contributed by atoms with E-state index in [-0.39, 0.29) is 29.6 Å². The molecule has 0 heterocycles. The molecule has 0 spiro atoms. The molecule has 0 radical (unpaired) electrons. The number of carbonyl (C=O) groups is 1. The third-order valence-corrected chi connectivity index (χ3v) is 8.06. The van der Waals surface area contributed by atoms with Crippen molar-refractivity contribution in [2.24, 2.45) is 35.0 Å². The Hall–Kier alpha value is -1.31. The van der Waals surface area contributed by atoms with Gasteiger partial charge in [0.15, 0.2) is 0 Å². The average Bonchev–Trinajstić information content (AvgIpc) is 2.70. The van der Waals surface area contributed by atoms with E-state index in [9.17, 15) is 15.0 Å². The van der Waals surface area contributed by atoms with Crippen molar-refractivity contribution in [3.8, 4) is 11.8 Å². The molecule has 0 aliphatic heterocycles. The first-order valence-corrected chi connectivity index (χ1v) is 11.6. The third-order valence-electron chi connectivity index (χ3n) is 8.06. The van der Waals surface area contributed by atoms with Crippen molar-refractivity contribution in [1.82, 2.24) is 0 Å². The topological polar surface area (TPSA) is 77.8 Å². The molecule has 2 unspecified atom stereocenters. The Bertz CT molecular complexity index is 679. The van der Waals surface area contributed by atoms with Crippen LogP contribution in [0.15, 0.2) is 11.6 Å². The van der Waals surface area contributed by atoms with Crippen LogP contribution in [0, 0.1) is 46.8 Å². The molecule has 3 saturated carbocycles. The number of allylic oxidation sites excluding steroid dienone is 2. The lowest BCUT2D eigenvalue weighted by Gasteiger charge is -2.64. The molecule has 29 heavy (non-hydrogen) atoms. The number of aliphatic hydroxyl groups excluding tert-OH is 2. The van der Waals surface area contributed by atoms with Gasteiger partial charge in [0.2, 0.25) is 0 Å². The first-order valence-electron chi connectivity index (χ1n) is 11.6. The fourth-order valence-electron chi connectivity index (χ4n) is 6.58. The summed E-state index contributed by atoms with van der Waals surface area (Å²) in [5.41, 5.74) is 1.37. The van der Waals surface area contributed by atoms with Gasteiger partial charge in [-0.05, 0) is 61.2 Å². The Kier molecular flexibility index (Phi) is 7.12. The maximum Gasteiger partial charge on any atom is 0.303 e. The van der Waals surface area contributed by atoms with Crippen molar-refractivity contribution in [2.45, 2.75) is 90.8 Å². The largest absolute Gasteiger partial charge is 0.481 e. The molecule has 162 valence electrons. The number of carboxylic acid groups (broad SMARTS) is 1. The summed E-state index contributed by atoms with van der Waals surface area (Å²) in [7, 11) is 0. The summed E-state index contributed by atoms with van der Waals surface area (Å²) in [6.45, 7) is 6.67. The maximum absolute atomic E-state index is 10.9. The minimum atomic E-state index is -0.761. The lowest BCUT2D eigenvalue weighted by molar-refractivity contribution is -0.136. The summed E-state index contributed by atoms with van der Waals surface area (Å²) in [4.78, 5) is 10.9. The van der Waals surface area contributed by atoms with Crippen molar-refractivity contribution >= 4 is 5.97 Å². The first kappa shape index (κ1) is 22.4. The number of aliphatic carboxylic acids is 1. The Morgan fingerprint density at radius 3 is 2.55 bits per heavy atom. The second-order valence-corrected chi connectivity index (χ2v) is 9.86. The van der Waals surface area contributed by atoms with Crippen LogP contribution in [0.3, 0.4) is 0 Å². The van der Waals surface area contributed by atoms with Crippen molar-refractivity contribution in [2.75, 3.05) is 0 Å². The summed E-state index contributed by atoms with van der Waals surface area (Å²) < 4.78 is 0. The van der Waals surface area contributed by atoms with E-state index < -0.39 is 18.2 Å². The number of aliphatic hydroxyl groups is 2. The van der Waals surface area contributed by atoms with E-state index in [4.69, 9.17) is 5.11 Å². The van der Waals surface area contributed by atoms with Crippen molar-refractivity contribution in [3.63, 3.8) is 0 Å². The molecule has 0 aromatic heterocycles. The van der Waals surface area contributed by atoms with Gasteiger partial charge in [0.25, 0.3) is 0 Å². The van der Waals surface area contributed by atoms with Gasteiger partial charge in [0.05, 0.1) is 12.0 Å². The molecule has 3 rings (SSSR count). The highest BCUT2D eigenvalue weighted by Crippen LogP contribution is 2.67. The van der Waals surface area contributed by atoms with Crippen LogP contribution in [0.4, 0.5) is 0 Å². The third kappa shape index (κ3) is 4.28. The molecule has 3 fully saturated rings.